The Kier molecular flexibility index (Phi) is 3.34. The second-order valence-electron chi connectivity index (χ2n) is 4.10. The molecule has 5 nitrogen and oxygen atoms in total. The fraction of sp³-hybridized carbons (Fsp3) is 0.545. The topological polar surface area (TPSA) is 75.1 Å². The second kappa shape index (κ2) is 4.92. The van der Waals surface area contributed by atoms with E-state index in [1.54, 1.807) is 18.5 Å². The van der Waals surface area contributed by atoms with Crippen LogP contribution in [-0.4, -0.2) is 27.1 Å². The number of carbonyl (C=O) groups is 1. The third kappa shape index (κ3) is 2.68. The van der Waals surface area contributed by atoms with E-state index in [1.807, 2.05) is 0 Å². The highest BCUT2D eigenvalue weighted by molar-refractivity contribution is 5.70. The maximum atomic E-state index is 10.8. The van der Waals surface area contributed by atoms with Crippen LogP contribution in [-0.2, 0) is 4.79 Å². The van der Waals surface area contributed by atoms with Gasteiger partial charge in [0.1, 0.15) is 0 Å². The van der Waals surface area contributed by atoms with Crippen molar-refractivity contribution in [2.24, 2.45) is 5.92 Å². The third-order valence-corrected chi connectivity index (χ3v) is 2.98. The Morgan fingerprint density at radius 3 is 2.44 bits per heavy atom. The molecular weight excluding hydrogens is 206 g/mol. The molecule has 1 aliphatic carbocycles. The monoisotopic (exact) mass is 221 g/mol. The Morgan fingerprint density at radius 2 is 1.88 bits per heavy atom. The summed E-state index contributed by atoms with van der Waals surface area (Å²) in [7, 11) is 0. The second-order valence-corrected chi connectivity index (χ2v) is 4.10. The molecule has 5 heteroatoms. The summed E-state index contributed by atoms with van der Waals surface area (Å²) in [5, 5.41) is 12.1. The van der Waals surface area contributed by atoms with Gasteiger partial charge in [-0.15, -0.1) is 0 Å². The molecule has 86 valence electrons. The zero-order chi connectivity index (χ0) is 11.4. The van der Waals surface area contributed by atoms with E-state index in [-0.39, 0.29) is 5.92 Å². The van der Waals surface area contributed by atoms with Gasteiger partial charge in [0, 0.05) is 18.4 Å². The van der Waals surface area contributed by atoms with Crippen molar-refractivity contribution in [2.45, 2.75) is 31.7 Å². The number of nitrogens with zero attached hydrogens (tertiary/aromatic N) is 2. The lowest BCUT2D eigenvalue weighted by Crippen LogP contribution is -2.29. The SMILES string of the molecule is O=C(O)C1CCC(Nc2ncccn2)CC1. The standard InChI is InChI=1S/C11H15N3O2/c15-10(16)8-2-4-9(5-3-8)14-11-12-6-1-7-13-11/h1,6-9H,2-5H2,(H,15,16)(H,12,13,14). The van der Waals surface area contributed by atoms with Crippen LogP contribution in [0.25, 0.3) is 0 Å². The molecule has 2 rings (SSSR count). The van der Waals surface area contributed by atoms with Crippen molar-refractivity contribution >= 4 is 11.9 Å². The third-order valence-electron chi connectivity index (χ3n) is 2.98. The highest BCUT2D eigenvalue weighted by Crippen LogP contribution is 2.25. The van der Waals surface area contributed by atoms with Gasteiger partial charge in [0.15, 0.2) is 0 Å². The van der Waals surface area contributed by atoms with Crippen molar-refractivity contribution in [3.8, 4) is 0 Å². The maximum absolute atomic E-state index is 10.8. The zero-order valence-electron chi connectivity index (χ0n) is 8.97. The average Bonchev–Trinajstić information content (AvgIpc) is 2.31. The Labute approximate surface area is 93.9 Å². The summed E-state index contributed by atoms with van der Waals surface area (Å²) in [6.07, 6.45) is 6.60. The molecule has 0 amide bonds. The van der Waals surface area contributed by atoms with Crippen LogP contribution in [0, 0.1) is 5.92 Å². The number of aliphatic carboxylic acids is 1. The fourth-order valence-corrected chi connectivity index (χ4v) is 2.04. The molecule has 0 unspecified atom stereocenters. The molecule has 1 aromatic heterocycles. The molecule has 16 heavy (non-hydrogen) atoms. The first-order chi connectivity index (χ1) is 7.75. The van der Waals surface area contributed by atoms with Crippen molar-refractivity contribution in [1.29, 1.82) is 0 Å². The predicted octanol–water partition coefficient (Wildman–Crippen LogP) is 1.53. The van der Waals surface area contributed by atoms with Crippen molar-refractivity contribution in [1.82, 2.24) is 9.97 Å². The number of hydrogen-bond acceptors (Lipinski definition) is 4. The number of hydrogen-bond donors (Lipinski definition) is 2. The normalized spacial score (nSPS) is 25.0. The summed E-state index contributed by atoms with van der Waals surface area (Å²) >= 11 is 0. The minimum atomic E-state index is -0.672. The van der Waals surface area contributed by atoms with Gasteiger partial charge in [-0.3, -0.25) is 4.79 Å². The van der Waals surface area contributed by atoms with E-state index in [4.69, 9.17) is 5.11 Å². The molecule has 0 spiro atoms. The van der Waals surface area contributed by atoms with Crippen LogP contribution >= 0.6 is 0 Å². The molecule has 1 fully saturated rings. The fourth-order valence-electron chi connectivity index (χ4n) is 2.04. The lowest BCUT2D eigenvalue weighted by atomic mass is 9.86. The number of carboxylic acid groups (broad SMARTS) is 1. The van der Waals surface area contributed by atoms with Gasteiger partial charge in [-0.2, -0.15) is 0 Å². The zero-order valence-corrected chi connectivity index (χ0v) is 8.97. The van der Waals surface area contributed by atoms with Crippen LogP contribution in [0.15, 0.2) is 18.5 Å². The van der Waals surface area contributed by atoms with Gasteiger partial charge >= 0.3 is 5.97 Å². The van der Waals surface area contributed by atoms with Crippen molar-refractivity contribution < 1.29 is 9.90 Å². The molecule has 1 saturated carbocycles. The predicted molar refractivity (Wildman–Crippen MR) is 59.0 cm³/mol. The van der Waals surface area contributed by atoms with Gasteiger partial charge in [-0.25, -0.2) is 9.97 Å². The maximum Gasteiger partial charge on any atom is 0.306 e. The highest BCUT2D eigenvalue weighted by Gasteiger charge is 2.25. The molecule has 0 radical (unpaired) electrons. The van der Waals surface area contributed by atoms with Gasteiger partial charge < -0.3 is 10.4 Å². The van der Waals surface area contributed by atoms with Crippen LogP contribution < -0.4 is 5.32 Å². The van der Waals surface area contributed by atoms with E-state index in [0.29, 0.717) is 12.0 Å². The van der Waals surface area contributed by atoms with Crippen LogP contribution in [0.2, 0.25) is 0 Å². The van der Waals surface area contributed by atoms with E-state index >= 15 is 0 Å². The quantitative estimate of drug-likeness (QED) is 0.809. The molecule has 0 aromatic carbocycles. The summed E-state index contributed by atoms with van der Waals surface area (Å²) in [5.41, 5.74) is 0. The Hall–Kier alpha value is -1.65. The summed E-state index contributed by atoms with van der Waals surface area (Å²) in [6, 6.07) is 2.07. The number of carboxylic acids is 1. The molecule has 1 aliphatic rings. The van der Waals surface area contributed by atoms with Crippen molar-refractivity contribution in [2.75, 3.05) is 5.32 Å². The van der Waals surface area contributed by atoms with E-state index in [1.165, 1.54) is 0 Å². The minimum absolute atomic E-state index is 0.172. The van der Waals surface area contributed by atoms with E-state index < -0.39 is 5.97 Å². The van der Waals surface area contributed by atoms with E-state index in [9.17, 15) is 4.79 Å². The van der Waals surface area contributed by atoms with E-state index in [2.05, 4.69) is 15.3 Å². The van der Waals surface area contributed by atoms with Gasteiger partial charge in [0.2, 0.25) is 5.95 Å². The summed E-state index contributed by atoms with van der Waals surface area (Å²) in [6.45, 7) is 0. The first-order valence-electron chi connectivity index (χ1n) is 5.52. The van der Waals surface area contributed by atoms with Gasteiger partial charge in [-0.05, 0) is 31.7 Å². The summed E-state index contributed by atoms with van der Waals surface area (Å²) < 4.78 is 0. The van der Waals surface area contributed by atoms with Gasteiger partial charge in [0.05, 0.1) is 5.92 Å². The van der Waals surface area contributed by atoms with Crippen LogP contribution in [0.4, 0.5) is 5.95 Å². The average molecular weight is 221 g/mol. The molecular formula is C11H15N3O2. The Balaban J connectivity index is 1.84. The Morgan fingerprint density at radius 1 is 1.25 bits per heavy atom. The molecule has 0 aliphatic heterocycles. The highest BCUT2D eigenvalue weighted by atomic mass is 16.4. The first-order valence-corrected chi connectivity index (χ1v) is 5.52. The van der Waals surface area contributed by atoms with E-state index in [0.717, 1.165) is 25.7 Å². The number of anilines is 1. The lowest BCUT2D eigenvalue weighted by molar-refractivity contribution is -0.142. The smallest absolute Gasteiger partial charge is 0.306 e. The van der Waals surface area contributed by atoms with Crippen LogP contribution in [0.3, 0.4) is 0 Å². The molecule has 0 atom stereocenters. The molecule has 1 aromatic rings. The molecule has 2 N–H and O–H groups in total. The largest absolute Gasteiger partial charge is 0.481 e. The molecule has 0 bridgehead atoms. The van der Waals surface area contributed by atoms with Crippen LogP contribution in [0.1, 0.15) is 25.7 Å². The summed E-state index contributed by atoms with van der Waals surface area (Å²) in [5.74, 6) is -0.217. The number of nitrogens with one attached hydrogen (secondary N) is 1. The van der Waals surface area contributed by atoms with Crippen LogP contribution in [0.5, 0.6) is 0 Å². The van der Waals surface area contributed by atoms with Gasteiger partial charge in [-0.1, -0.05) is 0 Å². The lowest BCUT2D eigenvalue weighted by Gasteiger charge is -2.26. The number of rotatable bonds is 3. The number of aromatic nitrogens is 2. The first kappa shape index (κ1) is 10.9. The molecule has 0 saturated heterocycles. The van der Waals surface area contributed by atoms with Gasteiger partial charge in [0.25, 0.3) is 0 Å². The minimum Gasteiger partial charge on any atom is -0.481 e. The summed E-state index contributed by atoms with van der Waals surface area (Å²) in [4.78, 5) is 19.0. The Bertz CT molecular complexity index is 348. The van der Waals surface area contributed by atoms with Crippen molar-refractivity contribution in [3.63, 3.8) is 0 Å². The molecule has 1 heterocycles. The van der Waals surface area contributed by atoms with Crippen molar-refractivity contribution in [3.05, 3.63) is 18.5 Å².